The molecule has 2 atom stereocenters. The van der Waals surface area contributed by atoms with E-state index in [4.69, 9.17) is 5.11 Å². The predicted molar refractivity (Wildman–Crippen MR) is 78.1 cm³/mol. The molecule has 0 bridgehead atoms. The number of ether oxygens (including phenoxy) is 1. The van der Waals surface area contributed by atoms with Gasteiger partial charge in [-0.2, -0.15) is 0 Å². The number of hydrogen-bond acceptors (Lipinski definition) is 3. The number of rotatable bonds is 6. The highest BCUT2D eigenvalue weighted by atomic mass is 19.4. The summed E-state index contributed by atoms with van der Waals surface area (Å²) in [7, 11) is 0. The summed E-state index contributed by atoms with van der Waals surface area (Å²) >= 11 is 0. The van der Waals surface area contributed by atoms with Crippen LogP contribution in [-0.2, 0) is 9.59 Å². The number of carboxylic acids is 1. The summed E-state index contributed by atoms with van der Waals surface area (Å²) in [5.41, 5.74) is 0.293. The summed E-state index contributed by atoms with van der Waals surface area (Å²) in [6, 6.07) is 3.99. The summed E-state index contributed by atoms with van der Waals surface area (Å²) in [5.74, 6) is -1.95. The van der Waals surface area contributed by atoms with Crippen molar-refractivity contribution in [1.82, 2.24) is 5.32 Å². The molecule has 8 heteroatoms. The molecule has 1 aromatic carbocycles. The number of alkyl halides is 3. The molecule has 1 fully saturated rings. The molecule has 1 unspecified atom stereocenters. The SMILES string of the molecule is CC1(C)C[C@@H]1C(=O)NC(CC(=O)O)c1ccc(OC(F)(F)F)cc1. The average molecular weight is 345 g/mol. The van der Waals surface area contributed by atoms with Crippen LogP contribution < -0.4 is 10.1 Å². The molecule has 1 saturated carbocycles. The standard InChI is InChI=1S/C16H18F3NO4/c1-15(2)8-11(15)14(23)20-12(7-13(21)22)9-3-5-10(6-4-9)24-16(17,18)19/h3-6,11-12H,7-8H2,1-2H3,(H,20,23)(H,21,22)/t11-,12?/m1/s1. The highest BCUT2D eigenvalue weighted by Crippen LogP contribution is 2.51. The summed E-state index contributed by atoms with van der Waals surface area (Å²) in [4.78, 5) is 23.2. The second-order valence-corrected chi connectivity index (χ2v) is 6.52. The number of hydrogen-bond donors (Lipinski definition) is 2. The van der Waals surface area contributed by atoms with Crippen LogP contribution >= 0.6 is 0 Å². The van der Waals surface area contributed by atoms with Crippen LogP contribution in [0.3, 0.4) is 0 Å². The van der Waals surface area contributed by atoms with E-state index in [0.717, 1.165) is 18.6 Å². The summed E-state index contributed by atoms with van der Waals surface area (Å²) in [6.07, 6.45) is -4.44. The van der Waals surface area contributed by atoms with Gasteiger partial charge < -0.3 is 15.2 Å². The first kappa shape index (κ1) is 18.1. The molecule has 132 valence electrons. The fourth-order valence-corrected chi connectivity index (χ4v) is 2.52. The quantitative estimate of drug-likeness (QED) is 0.830. The van der Waals surface area contributed by atoms with Gasteiger partial charge in [0.15, 0.2) is 0 Å². The maximum atomic E-state index is 12.2. The van der Waals surface area contributed by atoms with Crippen LogP contribution in [0.4, 0.5) is 13.2 Å². The third-order valence-electron chi connectivity index (χ3n) is 4.04. The maximum absolute atomic E-state index is 12.2. The van der Waals surface area contributed by atoms with Gasteiger partial charge in [0, 0.05) is 5.92 Å². The minimum atomic E-state index is -4.80. The van der Waals surface area contributed by atoms with Gasteiger partial charge in [-0.25, -0.2) is 0 Å². The zero-order valence-corrected chi connectivity index (χ0v) is 13.2. The number of benzene rings is 1. The third kappa shape index (κ3) is 4.87. The van der Waals surface area contributed by atoms with Crippen molar-refractivity contribution in [2.45, 2.75) is 39.1 Å². The summed E-state index contributed by atoms with van der Waals surface area (Å²) in [5, 5.41) is 11.7. The highest BCUT2D eigenvalue weighted by molar-refractivity contribution is 5.83. The molecule has 1 amide bonds. The minimum absolute atomic E-state index is 0.109. The predicted octanol–water partition coefficient (Wildman–Crippen LogP) is 3.26. The first-order valence-corrected chi connectivity index (χ1v) is 7.36. The Balaban J connectivity index is 2.10. The first-order valence-electron chi connectivity index (χ1n) is 7.36. The van der Waals surface area contributed by atoms with Crippen molar-refractivity contribution in [1.29, 1.82) is 0 Å². The fraction of sp³-hybridized carbons (Fsp3) is 0.500. The normalized spacial score (nSPS) is 20.1. The number of carbonyl (C=O) groups is 2. The van der Waals surface area contributed by atoms with Gasteiger partial charge in [0.1, 0.15) is 5.75 Å². The lowest BCUT2D eigenvalue weighted by Gasteiger charge is -2.18. The smallest absolute Gasteiger partial charge is 0.481 e. The highest BCUT2D eigenvalue weighted by Gasteiger charge is 2.50. The lowest BCUT2D eigenvalue weighted by molar-refractivity contribution is -0.274. The maximum Gasteiger partial charge on any atom is 0.573 e. The largest absolute Gasteiger partial charge is 0.573 e. The molecule has 1 aliphatic rings. The molecule has 0 heterocycles. The molecule has 2 N–H and O–H groups in total. The Morgan fingerprint density at radius 1 is 1.33 bits per heavy atom. The summed E-state index contributed by atoms with van der Waals surface area (Å²) in [6.45, 7) is 3.87. The Bertz CT molecular complexity index is 625. The number of carboxylic acid groups (broad SMARTS) is 1. The molecule has 0 radical (unpaired) electrons. The van der Waals surface area contributed by atoms with Crippen molar-refractivity contribution in [2.24, 2.45) is 11.3 Å². The molecular formula is C16H18F3NO4. The molecular weight excluding hydrogens is 327 g/mol. The van der Waals surface area contributed by atoms with Crippen molar-refractivity contribution in [2.75, 3.05) is 0 Å². The van der Waals surface area contributed by atoms with E-state index in [1.807, 2.05) is 13.8 Å². The van der Waals surface area contributed by atoms with Gasteiger partial charge in [-0.05, 0) is 29.5 Å². The van der Waals surface area contributed by atoms with E-state index in [1.54, 1.807) is 0 Å². The van der Waals surface area contributed by atoms with E-state index in [0.29, 0.717) is 5.56 Å². The van der Waals surface area contributed by atoms with Crippen molar-refractivity contribution in [3.05, 3.63) is 29.8 Å². The van der Waals surface area contributed by atoms with Gasteiger partial charge in [-0.3, -0.25) is 9.59 Å². The van der Waals surface area contributed by atoms with E-state index < -0.39 is 24.1 Å². The number of halogens is 3. The van der Waals surface area contributed by atoms with Crippen LogP contribution in [0.5, 0.6) is 5.75 Å². The van der Waals surface area contributed by atoms with Crippen molar-refractivity contribution >= 4 is 11.9 Å². The lowest BCUT2D eigenvalue weighted by atomic mass is 10.0. The Morgan fingerprint density at radius 2 is 1.88 bits per heavy atom. The fourth-order valence-electron chi connectivity index (χ4n) is 2.52. The van der Waals surface area contributed by atoms with Gasteiger partial charge >= 0.3 is 12.3 Å². The first-order chi connectivity index (χ1) is 11.0. The van der Waals surface area contributed by atoms with Gasteiger partial charge in [-0.1, -0.05) is 26.0 Å². The van der Waals surface area contributed by atoms with Crippen LogP contribution in [-0.4, -0.2) is 23.3 Å². The Morgan fingerprint density at radius 3 is 2.29 bits per heavy atom. The average Bonchev–Trinajstić information content (AvgIpc) is 3.06. The summed E-state index contributed by atoms with van der Waals surface area (Å²) < 4.78 is 40.2. The van der Waals surface area contributed by atoms with E-state index in [1.165, 1.54) is 12.1 Å². The van der Waals surface area contributed by atoms with Gasteiger partial charge in [0.25, 0.3) is 0 Å². The molecule has 1 aromatic rings. The number of aliphatic carboxylic acids is 1. The zero-order valence-electron chi connectivity index (χ0n) is 13.2. The molecule has 5 nitrogen and oxygen atoms in total. The monoisotopic (exact) mass is 345 g/mol. The minimum Gasteiger partial charge on any atom is -0.481 e. The van der Waals surface area contributed by atoms with Crippen molar-refractivity contribution in [3.8, 4) is 5.75 Å². The molecule has 0 spiro atoms. The van der Waals surface area contributed by atoms with Crippen molar-refractivity contribution in [3.63, 3.8) is 0 Å². The van der Waals surface area contributed by atoms with Crippen LogP contribution in [0.25, 0.3) is 0 Å². The van der Waals surface area contributed by atoms with Crippen LogP contribution in [0.2, 0.25) is 0 Å². The van der Waals surface area contributed by atoms with Crippen molar-refractivity contribution < 1.29 is 32.6 Å². The second-order valence-electron chi connectivity index (χ2n) is 6.52. The van der Waals surface area contributed by atoms with E-state index >= 15 is 0 Å². The topological polar surface area (TPSA) is 75.6 Å². The molecule has 0 saturated heterocycles. The van der Waals surface area contributed by atoms with E-state index in [9.17, 15) is 22.8 Å². The zero-order chi connectivity index (χ0) is 18.1. The number of amides is 1. The molecule has 24 heavy (non-hydrogen) atoms. The van der Waals surface area contributed by atoms with Crippen LogP contribution in [0.15, 0.2) is 24.3 Å². The lowest BCUT2D eigenvalue weighted by Crippen LogP contribution is -2.32. The Kier molecular flexibility index (Phi) is 4.77. The van der Waals surface area contributed by atoms with Gasteiger partial charge in [0.2, 0.25) is 5.91 Å². The van der Waals surface area contributed by atoms with E-state index in [-0.39, 0.29) is 23.7 Å². The Labute approximate surface area is 136 Å². The van der Waals surface area contributed by atoms with Crippen LogP contribution in [0.1, 0.15) is 38.3 Å². The second kappa shape index (κ2) is 6.33. The van der Waals surface area contributed by atoms with Gasteiger partial charge in [-0.15, -0.1) is 13.2 Å². The third-order valence-corrected chi connectivity index (χ3v) is 4.04. The molecule has 0 aromatic heterocycles. The number of carbonyl (C=O) groups excluding carboxylic acids is 1. The molecule has 2 rings (SSSR count). The van der Waals surface area contributed by atoms with Gasteiger partial charge in [0.05, 0.1) is 12.5 Å². The number of nitrogens with one attached hydrogen (secondary N) is 1. The molecule has 1 aliphatic carbocycles. The Hall–Kier alpha value is -2.25. The van der Waals surface area contributed by atoms with E-state index in [2.05, 4.69) is 10.1 Å². The van der Waals surface area contributed by atoms with Crippen LogP contribution in [0, 0.1) is 11.3 Å². The molecule has 0 aliphatic heterocycles.